The number of rotatable bonds is 4. The number of hydrogen-bond acceptors (Lipinski definition) is 2. The van der Waals surface area contributed by atoms with Gasteiger partial charge in [0.25, 0.3) is 0 Å². The summed E-state index contributed by atoms with van der Waals surface area (Å²) < 4.78 is 11.4. The first-order valence-corrected chi connectivity index (χ1v) is 12.9. The lowest BCUT2D eigenvalue weighted by molar-refractivity contribution is 0.420. The van der Waals surface area contributed by atoms with Crippen molar-refractivity contribution >= 4 is 43.1 Å². The number of hydrogen-bond donors (Lipinski definition) is 0. The number of ether oxygens (including phenoxy) is 2. The van der Waals surface area contributed by atoms with Crippen molar-refractivity contribution in [1.82, 2.24) is 0 Å². The quantitative estimate of drug-likeness (QED) is 0.229. The topological polar surface area (TPSA) is 18.5 Å². The molecule has 0 saturated heterocycles. The third kappa shape index (κ3) is 3.27. The Balaban J connectivity index is 1.66. The fourth-order valence-electron chi connectivity index (χ4n) is 6.04. The van der Waals surface area contributed by atoms with E-state index < -0.39 is 0 Å². The van der Waals surface area contributed by atoms with Gasteiger partial charge in [0.15, 0.2) is 0 Å². The molecule has 0 N–H and O–H groups in total. The minimum Gasteiger partial charge on any atom is -0.496 e. The monoisotopic (exact) mass is 490 g/mol. The van der Waals surface area contributed by atoms with E-state index in [1.54, 1.807) is 14.2 Å². The van der Waals surface area contributed by atoms with Gasteiger partial charge in [-0.25, -0.2) is 0 Å². The predicted molar refractivity (Wildman–Crippen MR) is 160 cm³/mol. The summed E-state index contributed by atoms with van der Waals surface area (Å²) in [7, 11) is 3.47. The first-order chi connectivity index (χ1) is 18.8. The summed E-state index contributed by atoms with van der Waals surface area (Å²) in [6.07, 6.45) is 0. The molecule has 0 spiro atoms. The van der Waals surface area contributed by atoms with Gasteiger partial charge in [-0.1, -0.05) is 109 Å². The lowest BCUT2D eigenvalue weighted by Gasteiger charge is -2.20. The van der Waals surface area contributed by atoms with Crippen LogP contribution in [-0.4, -0.2) is 14.2 Å². The van der Waals surface area contributed by atoms with E-state index in [1.807, 2.05) is 0 Å². The molecule has 7 rings (SSSR count). The molecule has 0 radical (unpaired) electrons. The molecular formula is C36H26O2. The van der Waals surface area contributed by atoms with Gasteiger partial charge in [-0.2, -0.15) is 0 Å². The van der Waals surface area contributed by atoms with Gasteiger partial charge in [-0.15, -0.1) is 0 Å². The molecule has 2 nitrogen and oxygen atoms in total. The van der Waals surface area contributed by atoms with Gasteiger partial charge in [0.2, 0.25) is 0 Å². The maximum atomic E-state index is 5.72. The summed E-state index contributed by atoms with van der Waals surface area (Å²) in [5.74, 6) is 1.78. The van der Waals surface area contributed by atoms with Crippen LogP contribution in [0.25, 0.3) is 65.3 Å². The van der Waals surface area contributed by atoms with Crippen molar-refractivity contribution in [3.05, 3.63) is 121 Å². The van der Waals surface area contributed by atoms with Gasteiger partial charge in [0.05, 0.1) is 14.2 Å². The Hall–Kier alpha value is -4.82. The molecule has 0 unspecified atom stereocenters. The molecule has 0 bridgehead atoms. The van der Waals surface area contributed by atoms with Crippen LogP contribution in [0, 0.1) is 0 Å². The maximum Gasteiger partial charge on any atom is 0.126 e. The molecule has 7 aromatic carbocycles. The third-order valence-corrected chi connectivity index (χ3v) is 7.68. The third-order valence-electron chi connectivity index (χ3n) is 7.68. The molecular weight excluding hydrogens is 464 g/mol. The van der Waals surface area contributed by atoms with Crippen LogP contribution in [0.15, 0.2) is 121 Å². The number of benzene rings is 7. The van der Waals surface area contributed by atoms with Gasteiger partial charge in [0.1, 0.15) is 11.5 Å². The van der Waals surface area contributed by atoms with Crippen LogP contribution in [0.2, 0.25) is 0 Å². The Labute approximate surface area is 221 Å². The van der Waals surface area contributed by atoms with Gasteiger partial charge in [0, 0.05) is 10.8 Å². The molecule has 38 heavy (non-hydrogen) atoms. The molecule has 2 heteroatoms. The Morgan fingerprint density at radius 2 is 0.605 bits per heavy atom. The minimum atomic E-state index is 0.888. The second-order valence-corrected chi connectivity index (χ2v) is 9.56. The van der Waals surface area contributed by atoms with E-state index in [0.29, 0.717) is 0 Å². The molecule has 0 fully saturated rings. The zero-order chi connectivity index (χ0) is 25.6. The van der Waals surface area contributed by atoms with E-state index >= 15 is 0 Å². The fourth-order valence-corrected chi connectivity index (χ4v) is 6.04. The summed E-state index contributed by atoms with van der Waals surface area (Å²) >= 11 is 0. The Bertz CT molecular complexity index is 1800. The van der Waals surface area contributed by atoms with Gasteiger partial charge < -0.3 is 9.47 Å². The van der Waals surface area contributed by atoms with E-state index in [-0.39, 0.29) is 0 Å². The molecule has 0 aliphatic carbocycles. The van der Waals surface area contributed by atoms with Gasteiger partial charge >= 0.3 is 0 Å². The first-order valence-electron chi connectivity index (χ1n) is 12.9. The summed E-state index contributed by atoms with van der Waals surface area (Å²) in [5, 5.41) is 9.53. The lowest BCUT2D eigenvalue weighted by Crippen LogP contribution is -1.94. The van der Waals surface area contributed by atoms with Crippen molar-refractivity contribution in [2.24, 2.45) is 0 Å². The predicted octanol–water partition coefficient (Wildman–Crippen LogP) is 9.65. The molecule has 0 aliphatic heterocycles. The Kier molecular flexibility index (Phi) is 5.26. The molecule has 7 aromatic rings. The highest BCUT2D eigenvalue weighted by molar-refractivity contribution is 6.25. The highest BCUT2D eigenvalue weighted by atomic mass is 16.5. The Morgan fingerprint density at radius 1 is 0.316 bits per heavy atom. The summed E-state index contributed by atoms with van der Waals surface area (Å²) in [6.45, 7) is 0. The number of fused-ring (bicyclic) bond motifs is 4. The standard InChI is InChI=1S/C36H26O2/c1-37-33-21-19-31(23-11-3-5-13-25(23)33)35-27-15-7-9-17-29(27)36(30-18-10-8-16-28(30)35)32-20-22-34(38-2)26-14-6-4-12-24(26)32/h3-22H,1-2H3. The van der Waals surface area contributed by atoms with Gasteiger partial charge in [-0.3, -0.25) is 0 Å². The van der Waals surface area contributed by atoms with Gasteiger partial charge in [-0.05, 0) is 66.7 Å². The van der Waals surface area contributed by atoms with Crippen molar-refractivity contribution in [2.45, 2.75) is 0 Å². The average molecular weight is 491 g/mol. The average Bonchev–Trinajstić information content (AvgIpc) is 2.99. The molecule has 0 atom stereocenters. The van der Waals surface area contributed by atoms with E-state index in [4.69, 9.17) is 9.47 Å². The summed E-state index contributed by atoms with van der Waals surface area (Å²) in [4.78, 5) is 0. The van der Waals surface area contributed by atoms with Crippen LogP contribution in [0.4, 0.5) is 0 Å². The lowest BCUT2D eigenvalue weighted by atomic mass is 9.83. The molecule has 0 aromatic heterocycles. The van der Waals surface area contributed by atoms with Crippen molar-refractivity contribution in [2.75, 3.05) is 14.2 Å². The van der Waals surface area contributed by atoms with E-state index in [2.05, 4.69) is 121 Å². The van der Waals surface area contributed by atoms with Crippen molar-refractivity contribution in [3.8, 4) is 33.8 Å². The van der Waals surface area contributed by atoms with Crippen LogP contribution in [0.3, 0.4) is 0 Å². The molecule has 0 amide bonds. The summed E-state index contributed by atoms with van der Waals surface area (Å²) in [6, 6.07) is 43.2. The van der Waals surface area contributed by atoms with E-state index in [1.165, 1.54) is 54.6 Å². The smallest absolute Gasteiger partial charge is 0.126 e. The zero-order valence-electron chi connectivity index (χ0n) is 21.4. The normalized spacial score (nSPS) is 11.4. The first kappa shape index (κ1) is 22.4. The van der Waals surface area contributed by atoms with Crippen molar-refractivity contribution in [3.63, 3.8) is 0 Å². The molecule has 0 heterocycles. The largest absolute Gasteiger partial charge is 0.496 e. The fraction of sp³-hybridized carbons (Fsp3) is 0.0556. The summed E-state index contributed by atoms with van der Waals surface area (Å²) in [5.41, 5.74) is 4.91. The SMILES string of the molecule is COc1ccc(-c2c3ccccc3c(-c3ccc(OC)c4ccccc34)c3ccccc23)c2ccccc12. The highest BCUT2D eigenvalue weighted by Crippen LogP contribution is 2.47. The van der Waals surface area contributed by atoms with Crippen molar-refractivity contribution in [1.29, 1.82) is 0 Å². The zero-order valence-corrected chi connectivity index (χ0v) is 21.4. The molecule has 0 saturated carbocycles. The van der Waals surface area contributed by atoms with Crippen LogP contribution >= 0.6 is 0 Å². The molecule has 0 aliphatic rings. The number of methoxy groups -OCH3 is 2. The van der Waals surface area contributed by atoms with E-state index in [9.17, 15) is 0 Å². The van der Waals surface area contributed by atoms with Crippen molar-refractivity contribution < 1.29 is 9.47 Å². The highest BCUT2D eigenvalue weighted by Gasteiger charge is 2.20. The van der Waals surface area contributed by atoms with Crippen LogP contribution < -0.4 is 9.47 Å². The molecule has 182 valence electrons. The van der Waals surface area contributed by atoms with Crippen LogP contribution in [-0.2, 0) is 0 Å². The second-order valence-electron chi connectivity index (χ2n) is 9.56. The second kappa shape index (κ2) is 8.93. The maximum absolute atomic E-state index is 5.72. The Morgan fingerprint density at radius 3 is 0.921 bits per heavy atom. The van der Waals surface area contributed by atoms with E-state index in [0.717, 1.165) is 22.3 Å². The van der Waals surface area contributed by atoms with Crippen LogP contribution in [0.5, 0.6) is 11.5 Å². The minimum absolute atomic E-state index is 0.888. The van der Waals surface area contributed by atoms with Crippen LogP contribution in [0.1, 0.15) is 0 Å².